The van der Waals surface area contributed by atoms with Gasteiger partial charge in [0.05, 0.1) is 12.7 Å². The highest BCUT2D eigenvalue weighted by molar-refractivity contribution is 6.30. The molecular weight excluding hydrogens is 285 g/mol. The van der Waals surface area contributed by atoms with Crippen molar-refractivity contribution in [1.82, 2.24) is 4.90 Å². The number of hydrogen-bond donors (Lipinski definition) is 0. The van der Waals surface area contributed by atoms with Crippen LogP contribution in [0, 0.1) is 5.82 Å². The summed E-state index contributed by atoms with van der Waals surface area (Å²) in [5.74, 6) is -1.65. The van der Waals surface area contributed by atoms with Gasteiger partial charge in [0.15, 0.2) is 0 Å². The Labute approximate surface area is 121 Å². The van der Waals surface area contributed by atoms with Gasteiger partial charge in [0.1, 0.15) is 11.9 Å². The number of carbonyl (C=O) groups excluding carboxylic acids is 2. The normalized spacial score (nSPS) is 18.8. The summed E-state index contributed by atoms with van der Waals surface area (Å²) in [6.07, 6.45) is 2.16. The fourth-order valence-electron chi connectivity index (χ4n) is 2.37. The van der Waals surface area contributed by atoms with E-state index < -0.39 is 23.7 Å². The lowest BCUT2D eigenvalue weighted by molar-refractivity contribution is -0.147. The molecule has 0 bridgehead atoms. The molecule has 0 aliphatic carbocycles. The monoisotopic (exact) mass is 299 g/mol. The molecule has 1 aliphatic rings. The quantitative estimate of drug-likeness (QED) is 0.789. The average molecular weight is 300 g/mol. The number of methoxy groups -OCH3 is 1. The molecule has 0 radical (unpaired) electrons. The van der Waals surface area contributed by atoms with Crippen molar-refractivity contribution in [3.05, 3.63) is 34.6 Å². The van der Waals surface area contributed by atoms with Gasteiger partial charge >= 0.3 is 5.97 Å². The largest absolute Gasteiger partial charge is 0.467 e. The minimum absolute atomic E-state index is 0.0785. The van der Waals surface area contributed by atoms with Crippen LogP contribution in [0.15, 0.2) is 18.2 Å². The molecule has 0 N–H and O–H groups in total. The van der Waals surface area contributed by atoms with Crippen molar-refractivity contribution in [2.75, 3.05) is 13.7 Å². The summed E-state index contributed by atoms with van der Waals surface area (Å²) < 4.78 is 18.5. The average Bonchev–Trinajstić information content (AvgIpc) is 2.46. The van der Waals surface area contributed by atoms with Crippen LogP contribution < -0.4 is 0 Å². The third-order valence-corrected chi connectivity index (χ3v) is 3.63. The Balaban J connectivity index is 2.27. The van der Waals surface area contributed by atoms with Gasteiger partial charge in [-0.25, -0.2) is 9.18 Å². The van der Waals surface area contributed by atoms with Gasteiger partial charge in [-0.05, 0) is 37.5 Å². The summed E-state index contributed by atoms with van der Waals surface area (Å²) in [5, 5.41) is 0.224. The Morgan fingerprint density at radius 1 is 1.40 bits per heavy atom. The molecule has 0 spiro atoms. The fraction of sp³-hybridized carbons (Fsp3) is 0.429. The molecule has 0 aromatic heterocycles. The molecule has 0 saturated carbocycles. The smallest absolute Gasteiger partial charge is 0.328 e. The Kier molecular flexibility index (Phi) is 4.60. The number of nitrogens with zero attached hydrogens (tertiary/aromatic N) is 1. The van der Waals surface area contributed by atoms with E-state index in [9.17, 15) is 14.0 Å². The molecule has 20 heavy (non-hydrogen) atoms. The molecule has 108 valence electrons. The highest BCUT2D eigenvalue weighted by Crippen LogP contribution is 2.23. The van der Waals surface area contributed by atoms with E-state index in [1.165, 1.54) is 24.1 Å². The first-order valence-corrected chi connectivity index (χ1v) is 6.76. The topological polar surface area (TPSA) is 46.6 Å². The van der Waals surface area contributed by atoms with Crippen LogP contribution in [-0.4, -0.2) is 36.5 Å². The van der Waals surface area contributed by atoms with Crippen molar-refractivity contribution in [1.29, 1.82) is 0 Å². The highest BCUT2D eigenvalue weighted by atomic mass is 35.5. The van der Waals surface area contributed by atoms with Crippen LogP contribution in [0.1, 0.15) is 29.6 Å². The van der Waals surface area contributed by atoms with Gasteiger partial charge in [0.25, 0.3) is 5.91 Å². The zero-order valence-corrected chi connectivity index (χ0v) is 11.8. The summed E-state index contributed by atoms with van der Waals surface area (Å²) in [7, 11) is 1.28. The summed E-state index contributed by atoms with van der Waals surface area (Å²) in [4.78, 5) is 25.5. The molecule has 1 aromatic carbocycles. The third kappa shape index (κ3) is 2.93. The first-order valence-electron chi connectivity index (χ1n) is 6.38. The molecule has 1 amide bonds. The number of likely N-dealkylation sites (tertiary alicyclic amines) is 1. The van der Waals surface area contributed by atoms with Crippen molar-refractivity contribution in [3.63, 3.8) is 0 Å². The number of benzene rings is 1. The van der Waals surface area contributed by atoms with E-state index in [0.717, 1.165) is 18.9 Å². The molecule has 1 atom stereocenters. The van der Waals surface area contributed by atoms with Gasteiger partial charge in [0.2, 0.25) is 0 Å². The van der Waals surface area contributed by atoms with E-state index in [-0.39, 0.29) is 10.6 Å². The SMILES string of the molecule is COC(=O)[C@H]1CCCCN1C(=O)c1ccc(Cl)cc1F. The Morgan fingerprint density at radius 3 is 2.80 bits per heavy atom. The molecule has 1 aliphatic heterocycles. The second-order valence-electron chi connectivity index (χ2n) is 4.66. The Hall–Kier alpha value is -1.62. The Morgan fingerprint density at radius 2 is 2.15 bits per heavy atom. The van der Waals surface area contributed by atoms with Crippen LogP contribution >= 0.6 is 11.6 Å². The zero-order valence-electron chi connectivity index (χ0n) is 11.1. The number of rotatable bonds is 2. The van der Waals surface area contributed by atoms with Crippen molar-refractivity contribution in [3.8, 4) is 0 Å². The number of ether oxygens (including phenoxy) is 1. The fourth-order valence-corrected chi connectivity index (χ4v) is 2.53. The van der Waals surface area contributed by atoms with Crippen LogP contribution in [-0.2, 0) is 9.53 Å². The van der Waals surface area contributed by atoms with Gasteiger partial charge in [0, 0.05) is 11.6 Å². The molecule has 1 aromatic rings. The van der Waals surface area contributed by atoms with Gasteiger partial charge in [-0.15, -0.1) is 0 Å². The highest BCUT2D eigenvalue weighted by Gasteiger charge is 2.34. The number of piperidine rings is 1. The zero-order chi connectivity index (χ0) is 14.7. The molecule has 2 rings (SSSR count). The maximum absolute atomic E-state index is 13.8. The maximum atomic E-state index is 13.8. The predicted molar refractivity (Wildman–Crippen MR) is 72.1 cm³/mol. The van der Waals surface area contributed by atoms with Crippen LogP contribution in [0.2, 0.25) is 5.02 Å². The van der Waals surface area contributed by atoms with E-state index in [1.807, 2.05) is 0 Å². The van der Waals surface area contributed by atoms with Gasteiger partial charge in [-0.2, -0.15) is 0 Å². The summed E-state index contributed by atoms with van der Waals surface area (Å²) >= 11 is 5.67. The van der Waals surface area contributed by atoms with Crippen LogP contribution in [0.4, 0.5) is 4.39 Å². The molecule has 1 heterocycles. The lowest BCUT2D eigenvalue weighted by Crippen LogP contribution is -2.48. The minimum atomic E-state index is -0.684. The standard InChI is InChI=1S/C14H15ClFNO3/c1-20-14(19)12-4-2-3-7-17(12)13(18)10-6-5-9(15)8-11(10)16/h5-6,8,12H,2-4,7H2,1H3/t12-/m1/s1. The summed E-state index contributed by atoms with van der Waals surface area (Å²) in [6, 6.07) is 3.24. The van der Waals surface area contributed by atoms with Crippen LogP contribution in [0.3, 0.4) is 0 Å². The van der Waals surface area contributed by atoms with Crippen LogP contribution in [0.5, 0.6) is 0 Å². The van der Waals surface area contributed by atoms with E-state index in [0.29, 0.717) is 13.0 Å². The van der Waals surface area contributed by atoms with Crippen molar-refractivity contribution in [2.45, 2.75) is 25.3 Å². The summed E-state index contributed by atoms with van der Waals surface area (Å²) in [6.45, 7) is 0.417. The van der Waals surface area contributed by atoms with Gasteiger partial charge in [-0.1, -0.05) is 11.6 Å². The molecule has 6 heteroatoms. The number of amides is 1. The molecule has 4 nitrogen and oxygen atoms in total. The number of hydrogen-bond acceptors (Lipinski definition) is 3. The van der Waals surface area contributed by atoms with Gasteiger partial charge < -0.3 is 9.64 Å². The van der Waals surface area contributed by atoms with Crippen molar-refractivity contribution < 1.29 is 18.7 Å². The summed E-state index contributed by atoms with van der Waals surface area (Å²) in [5.41, 5.74) is -0.0785. The second kappa shape index (κ2) is 6.22. The number of esters is 1. The molecule has 1 saturated heterocycles. The third-order valence-electron chi connectivity index (χ3n) is 3.40. The lowest BCUT2D eigenvalue weighted by atomic mass is 10.0. The predicted octanol–water partition coefficient (Wildman–Crippen LogP) is 2.65. The second-order valence-corrected chi connectivity index (χ2v) is 5.09. The molecule has 0 unspecified atom stereocenters. The van der Waals surface area contributed by atoms with Crippen molar-refractivity contribution in [2.24, 2.45) is 0 Å². The van der Waals surface area contributed by atoms with E-state index in [4.69, 9.17) is 16.3 Å². The first kappa shape index (κ1) is 14.8. The van der Waals surface area contributed by atoms with E-state index >= 15 is 0 Å². The van der Waals surface area contributed by atoms with E-state index in [2.05, 4.69) is 0 Å². The molecule has 1 fully saturated rings. The van der Waals surface area contributed by atoms with Gasteiger partial charge in [-0.3, -0.25) is 4.79 Å². The number of halogens is 2. The van der Waals surface area contributed by atoms with E-state index in [1.54, 1.807) is 0 Å². The van der Waals surface area contributed by atoms with Crippen molar-refractivity contribution >= 4 is 23.5 Å². The minimum Gasteiger partial charge on any atom is -0.467 e. The first-order chi connectivity index (χ1) is 9.54. The number of carbonyl (C=O) groups is 2. The molecular formula is C14H15ClFNO3. The Bertz CT molecular complexity index is 535. The van der Waals surface area contributed by atoms with Crippen LogP contribution in [0.25, 0.3) is 0 Å². The lowest BCUT2D eigenvalue weighted by Gasteiger charge is -2.33. The maximum Gasteiger partial charge on any atom is 0.328 e.